The number of carbonyl (C=O) groups is 1. The predicted octanol–water partition coefficient (Wildman–Crippen LogP) is 1.01. The fraction of sp³-hybridized carbons (Fsp3) is 0.500. The molecule has 0 unspecified atom stereocenters. The molecular weight excluding hydrogens is 210 g/mol. The number of carboxylic acids is 1. The quantitative estimate of drug-likeness (QED) is 0.777. The molecule has 0 bridgehead atoms. The monoisotopic (exact) mass is 225 g/mol. The first-order chi connectivity index (χ1) is 7.54. The first-order valence-electron chi connectivity index (χ1n) is 4.90. The number of aromatic nitrogens is 2. The Morgan fingerprint density at radius 2 is 2.19 bits per heavy atom. The van der Waals surface area contributed by atoms with Crippen LogP contribution < -0.4 is 10.1 Å². The van der Waals surface area contributed by atoms with Crippen molar-refractivity contribution in [3.63, 3.8) is 0 Å². The van der Waals surface area contributed by atoms with E-state index in [1.807, 2.05) is 13.8 Å². The van der Waals surface area contributed by atoms with E-state index in [-0.39, 0.29) is 5.92 Å². The van der Waals surface area contributed by atoms with Crippen molar-refractivity contribution in [1.29, 1.82) is 0 Å². The first kappa shape index (κ1) is 12.2. The summed E-state index contributed by atoms with van der Waals surface area (Å²) < 4.78 is 4.92. The lowest BCUT2D eigenvalue weighted by Crippen LogP contribution is -2.34. The zero-order chi connectivity index (χ0) is 12.1. The van der Waals surface area contributed by atoms with E-state index in [0.29, 0.717) is 11.7 Å². The fourth-order valence-corrected chi connectivity index (χ4v) is 1.20. The smallest absolute Gasteiger partial charge is 0.326 e. The van der Waals surface area contributed by atoms with E-state index in [2.05, 4.69) is 15.3 Å². The molecule has 0 aliphatic rings. The minimum absolute atomic E-state index is 0.0431. The molecule has 0 aliphatic carbocycles. The molecule has 88 valence electrons. The second kappa shape index (κ2) is 5.29. The molecule has 0 radical (unpaired) electrons. The zero-order valence-electron chi connectivity index (χ0n) is 9.47. The number of rotatable bonds is 5. The first-order valence-corrected chi connectivity index (χ1v) is 4.90. The molecule has 16 heavy (non-hydrogen) atoms. The average molecular weight is 225 g/mol. The number of carboxylic acid groups (broad SMARTS) is 1. The number of anilines is 1. The molecule has 0 saturated heterocycles. The normalized spacial score (nSPS) is 12.2. The maximum atomic E-state index is 11.0. The van der Waals surface area contributed by atoms with Gasteiger partial charge in [0.1, 0.15) is 18.2 Å². The van der Waals surface area contributed by atoms with Gasteiger partial charge in [-0.1, -0.05) is 13.8 Å². The van der Waals surface area contributed by atoms with E-state index in [1.165, 1.54) is 13.4 Å². The molecule has 0 spiro atoms. The maximum absolute atomic E-state index is 11.0. The van der Waals surface area contributed by atoms with E-state index >= 15 is 0 Å². The van der Waals surface area contributed by atoms with Gasteiger partial charge in [0.25, 0.3) is 0 Å². The highest BCUT2D eigenvalue weighted by atomic mass is 16.5. The van der Waals surface area contributed by atoms with E-state index in [9.17, 15) is 4.79 Å². The molecule has 1 heterocycles. The van der Waals surface area contributed by atoms with Crippen molar-refractivity contribution < 1.29 is 14.6 Å². The van der Waals surface area contributed by atoms with Crippen LogP contribution >= 0.6 is 0 Å². The van der Waals surface area contributed by atoms with Crippen molar-refractivity contribution in [3.8, 4) is 5.88 Å². The third-order valence-electron chi connectivity index (χ3n) is 2.09. The molecule has 0 aromatic carbocycles. The summed E-state index contributed by atoms with van der Waals surface area (Å²) in [5, 5.41) is 11.8. The summed E-state index contributed by atoms with van der Waals surface area (Å²) in [5.74, 6) is -0.121. The lowest BCUT2D eigenvalue weighted by molar-refractivity contribution is -0.138. The van der Waals surface area contributed by atoms with Gasteiger partial charge in [0.15, 0.2) is 0 Å². The summed E-state index contributed by atoms with van der Waals surface area (Å²) in [6.07, 6.45) is 1.32. The Labute approximate surface area is 93.7 Å². The van der Waals surface area contributed by atoms with Crippen LogP contribution in [0.15, 0.2) is 12.4 Å². The van der Waals surface area contributed by atoms with E-state index in [1.54, 1.807) is 6.07 Å². The van der Waals surface area contributed by atoms with Gasteiger partial charge in [-0.05, 0) is 5.92 Å². The molecular formula is C10H15N3O3. The van der Waals surface area contributed by atoms with Crippen LogP contribution in [0.3, 0.4) is 0 Å². The number of hydrogen-bond acceptors (Lipinski definition) is 5. The summed E-state index contributed by atoms with van der Waals surface area (Å²) in [5.41, 5.74) is 0. The largest absolute Gasteiger partial charge is 0.481 e. The van der Waals surface area contributed by atoms with Crippen LogP contribution in [-0.4, -0.2) is 34.2 Å². The Bertz CT molecular complexity index is 368. The van der Waals surface area contributed by atoms with Gasteiger partial charge in [0.2, 0.25) is 5.88 Å². The lowest BCUT2D eigenvalue weighted by atomic mass is 10.1. The van der Waals surface area contributed by atoms with Crippen molar-refractivity contribution in [3.05, 3.63) is 12.4 Å². The molecule has 6 heteroatoms. The summed E-state index contributed by atoms with van der Waals surface area (Å²) in [6, 6.07) is 0.873. The van der Waals surface area contributed by atoms with Crippen LogP contribution in [0.1, 0.15) is 13.8 Å². The molecule has 1 rings (SSSR count). The second-order valence-electron chi connectivity index (χ2n) is 3.65. The van der Waals surface area contributed by atoms with Crippen molar-refractivity contribution in [2.75, 3.05) is 12.4 Å². The number of nitrogens with one attached hydrogen (secondary N) is 1. The van der Waals surface area contributed by atoms with Gasteiger partial charge in [-0.15, -0.1) is 0 Å². The topological polar surface area (TPSA) is 84.3 Å². The van der Waals surface area contributed by atoms with Crippen LogP contribution in [0.5, 0.6) is 5.88 Å². The number of ether oxygens (including phenoxy) is 1. The van der Waals surface area contributed by atoms with Crippen molar-refractivity contribution >= 4 is 11.8 Å². The summed E-state index contributed by atoms with van der Waals surface area (Å²) in [4.78, 5) is 18.7. The van der Waals surface area contributed by atoms with Crippen LogP contribution in [0.2, 0.25) is 0 Å². The minimum Gasteiger partial charge on any atom is -0.481 e. The van der Waals surface area contributed by atoms with Gasteiger partial charge in [0.05, 0.1) is 7.11 Å². The number of hydrogen-bond donors (Lipinski definition) is 2. The highest BCUT2D eigenvalue weighted by Crippen LogP contribution is 2.14. The minimum atomic E-state index is -0.910. The summed E-state index contributed by atoms with van der Waals surface area (Å²) in [7, 11) is 1.49. The fourth-order valence-electron chi connectivity index (χ4n) is 1.20. The molecule has 1 aromatic rings. The Morgan fingerprint density at radius 1 is 1.50 bits per heavy atom. The number of aliphatic carboxylic acids is 1. The maximum Gasteiger partial charge on any atom is 0.326 e. The predicted molar refractivity (Wildman–Crippen MR) is 58.5 cm³/mol. The van der Waals surface area contributed by atoms with E-state index < -0.39 is 12.0 Å². The third kappa shape index (κ3) is 3.08. The van der Waals surface area contributed by atoms with Crippen LogP contribution in [0.4, 0.5) is 5.82 Å². The van der Waals surface area contributed by atoms with Crippen LogP contribution in [0.25, 0.3) is 0 Å². The second-order valence-corrected chi connectivity index (χ2v) is 3.65. The number of methoxy groups -OCH3 is 1. The van der Waals surface area contributed by atoms with Crippen molar-refractivity contribution in [2.24, 2.45) is 5.92 Å². The Kier molecular flexibility index (Phi) is 4.04. The Morgan fingerprint density at radius 3 is 2.69 bits per heavy atom. The Hall–Kier alpha value is -1.85. The van der Waals surface area contributed by atoms with Crippen molar-refractivity contribution in [1.82, 2.24) is 9.97 Å². The van der Waals surface area contributed by atoms with Gasteiger partial charge < -0.3 is 15.2 Å². The van der Waals surface area contributed by atoms with Gasteiger partial charge in [-0.25, -0.2) is 14.8 Å². The van der Waals surface area contributed by atoms with Crippen molar-refractivity contribution in [2.45, 2.75) is 19.9 Å². The van der Waals surface area contributed by atoms with Gasteiger partial charge in [-0.3, -0.25) is 0 Å². The lowest BCUT2D eigenvalue weighted by Gasteiger charge is -2.18. The summed E-state index contributed by atoms with van der Waals surface area (Å²) >= 11 is 0. The Balaban J connectivity index is 2.81. The highest BCUT2D eigenvalue weighted by molar-refractivity contribution is 5.77. The molecule has 2 N–H and O–H groups in total. The van der Waals surface area contributed by atoms with E-state index in [4.69, 9.17) is 9.84 Å². The third-order valence-corrected chi connectivity index (χ3v) is 2.09. The molecule has 0 aliphatic heterocycles. The van der Waals surface area contributed by atoms with Gasteiger partial charge in [-0.2, -0.15) is 0 Å². The van der Waals surface area contributed by atoms with Crippen LogP contribution in [-0.2, 0) is 4.79 Å². The number of nitrogens with zero attached hydrogens (tertiary/aromatic N) is 2. The SMILES string of the molecule is COc1cc(N[C@@H](C(=O)O)C(C)C)ncn1. The summed E-state index contributed by atoms with van der Waals surface area (Å²) in [6.45, 7) is 3.65. The molecule has 1 atom stereocenters. The average Bonchev–Trinajstić information content (AvgIpc) is 2.25. The van der Waals surface area contributed by atoms with Gasteiger partial charge >= 0.3 is 5.97 Å². The zero-order valence-corrected chi connectivity index (χ0v) is 9.47. The standard InChI is InChI=1S/C10H15N3O3/c1-6(2)9(10(14)15)13-7-4-8(16-3)12-5-11-7/h4-6,9H,1-3H3,(H,14,15)(H,11,12,13)/t9-/m1/s1. The molecule has 0 saturated carbocycles. The molecule has 0 amide bonds. The van der Waals surface area contributed by atoms with Crippen LogP contribution in [0, 0.1) is 5.92 Å². The molecule has 1 aromatic heterocycles. The van der Waals surface area contributed by atoms with E-state index in [0.717, 1.165) is 0 Å². The van der Waals surface area contributed by atoms with Gasteiger partial charge in [0, 0.05) is 6.07 Å². The highest BCUT2D eigenvalue weighted by Gasteiger charge is 2.21. The molecule has 0 fully saturated rings. The molecule has 6 nitrogen and oxygen atoms in total.